The Morgan fingerprint density at radius 1 is 1.12 bits per heavy atom. The highest BCUT2D eigenvalue weighted by molar-refractivity contribution is 9.10. The predicted octanol–water partition coefficient (Wildman–Crippen LogP) is 4.42. The van der Waals surface area contributed by atoms with E-state index in [0.29, 0.717) is 11.1 Å². The number of nitrogens with one attached hydrogen (secondary N) is 1. The minimum atomic E-state index is -0.596. The summed E-state index contributed by atoms with van der Waals surface area (Å²) >= 11 is 4.31. The number of carbonyl (C=O) groups excluding carboxylic acids is 3. The number of carbonyl (C=O) groups is 3. The Labute approximate surface area is 163 Å². The summed E-state index contributed by atoms with van der Waals surface area (Å²) in [6.07, 6.45) is 0. The highest BCUT2D eigenvalue weighted by Gasteiger charge is 2.27. The first-order valence-corrected chi connectivity index (χ1v) is 9.54. The van der Waals surface area contributed by atoms with E-state index in [9.17, 15) is 14.4 Å². The molecule has 138 valence electrons. The number of halogens is 1. The van der Waals surface area contributed by atoms with Crippen LogP contribution in [0.2, 0.25) is 0 Å². The van der Waals surface area contributed by atoms with Crippen LogP contribution in [0.3, 0.4) is 0 Å². The number of thiophene rings is 1. The summed E-state index contributed by atoms with van der Waals surface area (Å²) in [7, 11) is 0. The molecule has 1 N–H and O–H groups in total. The highest BCUT2D eigenvalue weighted by Crippen LogP contribution is 2.34. The van der Waals surface area contributed by atoms with Crippen molar-refractivity contribution in [3.05, 3.63) is 50.3 Å². The number of ether oxygens (including phenoxy) is 2. The largest absolute Gasteiger partial charge is 0.462 e. The lowest BCUT2D eigenvalue weighted by Gasteiger charge is -2.07. The summed E-state index contributed by atoms with van der Waals surface area (Å²) in [4.78, 5) is 37.2. The molecule has 0 saturated heterocycles. The van der Waals surface area contributed by atoms with Crippen LogP contribution in [-0.2, 0) is 9.47 Å². The molecular formula is C18H18BrNO5S. The third-order valence-electron chi connectivity index (χ3n) is 3.40. The van der Waals surface area contributed by atoms with Crippen molar-refractivity contribution in [2.45, 2.75) is 20.8 Å². The maximum absolute atomic E-state index is 12.5. The zero-order valence-corrected chi connectivity index (χ0v) is 17.0. The molecule has 6 nitrogen and oxygen atoms in total. The van der Waals surface area contributed by atoms with E-state index >= 15 is 0 Å². The quantitative estimate of drug-likeness (QED) is 0.673. The number of hydrogen-bond donors (Lipinski definition) is 1. The Balaban J connectivity index is 2.42. The van der Waals surface area contributed by atoms with Crippen LogP contribution in [0.4, 0.5) is 5.00 Å². The van der Waals surface area contributed by atoms with Gasteiger partial charge < -0.3 is 14.8 Å². The van der Waals surface area contributed by atoms with Crippen LogP contribution in [0.25, 0.3) is 0 Å². The van der Waals surface area contributed by atoms with Crippen LogP contribution in [0.15, 0.2) is 28.7 Å². The van der Waals surface area contributed by atoms with Crippen molar-refractivity contribution in [2.75, 3.05) is 18.5 Å². The molecule has 0 atom stereocenters. The molecular weight excluding hydrogens is 422 g/mol. The Bertz CT molecular complexity index is 846. The standard InChI is InChI=1S/C18H18BrNO5S/c1-4-24-17(22)13-10(3)14(18(23)25-5-2)26-16(13)20-15(21)11-7-6-8-12(19)9-11/h6-9H,4-5H2,1-3H3,(H,20,21). The molecule has 0 unspecified atom stereocenters. The first-order valence-electron chi connectivity index (χ1n) is 7.93. The molecule has 1 heterocycles. The maximum Gasteiger partial charge on any atom is 0.348 e. The van der Waals surface area contributed by atoms with Crippen LogP contribution in [-0.4, -0.2) is 31.1 Å². The number of esters is 2. The van der Waals surface area contributed by atoms with Gasteiger partial charge in [-0.15, -0.1) is 11.3 Å². The Morgan fingerprint density at radius 2 is 1.77 bits per heavy atom. The molecule has 0 aliphatic carbocycles. The summed E-state index contributed by atoms with van der Waals surface area (Å²) in [5, 5.41) is 2.96. The summed E-state index contributed by atoms with van der Waals surface area (Å²) in [6, 6.07) is 6.84. The zero-order valence-electron chi connectivity index (χ0n) is 14.6. The minimum absolute atomic E-state index is 0.170. The van der Waals surface area contributed by atoms with Gasteiger partial charge in [-0.2, -0.15) is 0 Å². The third kappa shape index (κ3) is 4.50. The lowest BCUT2D eigenvalue weighted by atomic mass is 10.1. The summed E-state index contributed by atoms with van der Waals surface area (Å²) in [6.45, 7) is 5.41. The number of anilines is 1. The van der Waals surface area contributed by atoms with Crippen molar-refractivity contribution in [2.24, 2.45) is 0 Å². The monoisotopic (exact) mass is 439 g/mol. The van der Waals surface area contributed by atoms with E-state index in [1.807, 2.05) is 0 Å². The van der Waals surface area contributed by atoms with Crippen molar-refractivity contribution >= 4 is 50.1 Å². The maximum atomic E-state index is 12.5. The van der Waals surface area contributed by atoms with Gasteiger partial charge in [0.1, 0.15) is 9.88 Å². The van der Waals surface area contributed by atoms with E-state index in [1.54, 1.807) is 45.0 Å². The van der Waals surface area contributed by atoms with Gasteiger partial charge in [0.25, 0.3) is 5.91 Å². The smallest absolute Gasteiger partial charge is 0.348 e. The van der Waals surface area contributed by atoms with E-state index in [4.69, 9.17) is 9.47 Å². The fraction of sp³-hybridized carbons (Fsp3) is 0.278. The van der Waals surface area contributed by atoms with E-state index in [1.165, 1.54) is 0 Å². The van der Waals surface area contributed by atoms with Gasteiger partial charge in [0.15, 0.2) is 0 Å². The van der Waals surface area contributed by atoms with Gasteiger partial charge in [-0.05, 0) is 44.5 Å². The van der Waals surface area contributed by atoms with Crippen molar-refractivity contribution in [1.82, 2.24) is 0 Å². The van der Waals surface area contributed by atoms with Gasteiger partial charge in [-0.3, -0.25) is 4.79 Å². The summed E-state index contributed by atoms with van der Waals surface area (Å²) in [5.41, 5.74) is 1.01. The average Bonchev–Trinajstić information content (AvgIpc) is 2.91. The zero-order chi connectivity index (χ0) is 19.3. The highest BCUT2D eigenvalue weighted by atomic mass is 79.9. The number of hydrogen-bond acceptors (Lipinski definition) is 6. The second kappa shape index (κ2) is 8.95. The van der Waals surface area contributed by atoms with Crippen molar-refractivity contribution in [1.29, 1.82) is 0 Å². The molecule has 0 radical (unpaired) electrons. The molecule has 26 heavy (non-hydrogen) atoms. The molecule has 1 aromatic carbocycles. The molecule has 2 aromatic rings. The molecule has 0 saturated carbocycles. The Morgan fingerprint density at radius 3 is 2.38 bits per heavy atom. The molecule has 0 bridgehead atoms. The average molecular weight is 440 g/mol. The second-order valence-electron chi connectivity index (χ2n) is 5.17. The van der Waals surface area contributed by atoms with Crippen LogP contribution in [0.5, 0.6) is 0 Å². The molecule has 0 aliphatic heterocycles. The van der Waals surface area contributed by atoms with Crippen LogP contribution >= 0.6 is 27.3 Å². The molecule has 0 aliphatic rings. The van der Waals surface area contributed by atoms with Crippen LogP contribution in [0, 0.1) is 6.92 Å². The van der Waals surface area contributed by atoms with Gasteiger partial charge in [0.2, 0.25) is 0 Å². The predicted molar refractivity (Wildman–Crippen MR) is 103 cm³/mol. The summed E-state index contributed by atoms with van der Waals surface area (Å²) < 4.78 is 10.8. The number of rotatable bonds is 6. The lowest BCUT2D eigenvalue weighted by molar-refractivity contribution is 0.0527. The number of benzene rings is 1. The molecule has 2 rings (SSSR count). The Kier molecular flexibility index (Phi) is 6.93. The van der Waals surface area contributed by atoms with Gasteiger partial charge in [0.05, 0.1) is 18.8 Å². The van der Waals surface area contributed by atoms with E-state index in [0.717, 1.165) is 15.8 Å². The first-order chi connectivity index (χ1) is 12.4. The molecule has 1 aromatic heterocycles. The van der Waals surface area contributed by atoms with E-state index in [-0.39, 0.29) is 28.7 Å². The fourth-order valence-electron chi connectivity index (χ4n) is 2.25. The third-order valence-corrected chi connectivity index (χ3v) is 5.08. The van der Waals surface area contributed by atoms with Gasteiger partial charge in [0, 0.05) is 10.0 Å². The molecule has 0 spiro atoms. The molecule has 8 heteroatoms. The topological polar surface area (TPSA) is 81.7 Å². The number of amides is 1. The van der Waals surface area contributed by atoms with Gasteiger partial charge in [-0.25, -0.2) is 9.59 Å². The lowest BCUT2D eigenvalue weighted by Crippen LogP contribution is -2.15. The SMILES string of the molecule is CCOC(=O)c1sc(NC(=O)c2cccc(Br)c2)c(C(=O)OCC)c1C. The summed E-state index contributed by atoms with van der Waals surface area (Å²) in [5.74, 6) is -1.53. The van der Waals surface area contributed by atoms with Crippen molar-refractivity contribution < 1.29 is 23.9 Å². The molecule has 0 fully saturated rings. The normalized spacial score (nSPS) is 10.3. The van der Waals surface area contributed by atoms with Crippen molar-refractivity contribution in [3.63, 3.8) is 0 Å². The van der Waals surface area contributed by atoms with Crippen LogP contribution in [0.1, 0.15) is 49.8 Å². The second-order valence-corrected chi connectivity index (χ2v) is 7.10. The van der Waals surface area contributed by atoms with E-state index < -0.39 is 17.8 Å². The fourth-order valence-corrected chi connectivity index (χ4v) is 3.73. The van der Waals surface area contributed by atoms with Gasteiger partial charge in [-0.1, -0.05) is 22.0 Å². The minimum Gasteiger partial charge on any atom is -0.462 e. The van der Waals surface area contributed by atoms with E-state index in [2.05, 4.69) is 21.2 Å². The Hall–Kier alpha value is -2.19. The molecule has 1 amide bonds. The van der Waals surface area contributed by atoms with Crippen LogP contribution < -0.4 is 5.32 Å². The van der Waals surface area contributed by atoms with Gasteiger partial charge >= 0.3 is 11.9 Å². The van der Waals surface area contributed by atoms with Crippen molar-refractivity contribution in [3.8, 4) is 0 Å². The first kappa shape index (κ1) is 20.1.